The maximum Gasteiger partial charge on any atom is 0.0514 e. The van der Waals surface area contributed by atoms with Crippen molar-refractivity contribution >= 4 is 15.9 Å². The van der Waals surface area contributed by atoms with Crippen molar-refractivity contribution < 1.29 is 5.11 Å². The molecule has 0 aromatic carbocycles. The van der Waals surface area contributed by atoms with E-state index in [9.17, 15) is 0 Å². The molecule has 1 aliphatic rings. The summed E-state index contributed by atoms with van der Waals surface area (Å²) in [6.07, 6.45) is 5.14. The minimum absolute atomic E-state index is 0.224. The molecule has 0 amide bonds. The first kappa shape index (κ1) is 9.16. The molecule has 13 heavy (non-hydrogen) atoms. The number of fused-ring (bicyclic) bond motifs is 1. The van der Waals surface area contributed by atoms with Crippen LogP contribution >= 0.6 is 15.9 Å². The molecular formula is C10H12BrNO. The molecule has 0 spiro atoms. The van der Waals surface area contributed by atoms with Crippen LogP contribution in [-0.4, -0.2) is 16.7 Å². The van der Waals surface area contributed by atoms with Gasteiger partial charge < -0.3 is 5.11 Å². The van der Waals surface area contributed by atoms with Crippen LogP contribution in [0, 0.1) is 0 Å². The van der Waals surface area contributed by atoms with Gasteiger partial charge in [-0.3, -0.25) is 4.98 Å². The zero-order chi connectivity index (χ0) is 9.26. The minimum Gasteiger partial charge on any atom is -0.396 e. The van der Waals surface area contributed by atoms with Crippen LogP contribution in [0.2, 0.25) is 0 Å². The average Bonchev–Trinajstić information content (AvgIpc) is 2.16. The number of rotatable bonds is 1. The highest BCUT2D eigenvalue weighted by atomic mass is 79.9. The Labute approximate surface area is 86.1 Å². The second-order valence-electron chi connectivity index (χ2n) is 3.47. The van der Waals surface area contributed by atoms with Gasteiger partial charge in [0.2, 0.25) is 0 Å². The van der Waals surface area contributed by atoms with Crippen LogP contribution in [0.4, 0.5) is 0 Å². The highest BCUT2D eigenvalue weighted by Gasteiger charge is 2.20. The Morgan fingerprint density at radius 1 is 1.62 bits per heavy atom. The van der Waals surface area contributed by atoms with E-state index >= 15 is 0 Å². The number of pyridine rings is 1. The molecule has 0 saturated heterocycles. The lowest BCUT2D eigenvalue weighted by molar-refractivity contribution is 0.250. The van der Waals surface area contributed by atoms with Crippen molar-refractivity contribution in [3.8, 4) is 0 Å². The Morgan fingerprint density at radius 3 is 3.23 bits per heavy atom. The van der Waals surface area contributed by atoms with Gasteiger partial charge >= 0.3 is 0 Å². The Morgan fingerprint density at radius 2 is 2.46 bits per heavy atom. The third-order valence-corrected chi connectivity index (χ3v) is 3.01. The molecule has 2 rings (SSSR count). The number of aliphatic hydroxyl groups is 1. The standard InChI is InChI=1S/C10H12BrNO/c11-9-4-7-2-1-3-8(6-13)10(7)12-5-9/h4-5,8,13H,1-3,6H2. The van der Waals surface area contributed by atoms with Gasteiger partial charge in [-0.25, -0.2) is 0 Å². The van der Waals surface area contributed by atoms with E-state index in [1.807, 2.05) is 6.20 Å². The van der Waals surface area contributed by atoms with Gasteiger partial charge in [0.25, 0.3) is 0 Å². The number of hydrogen-bond donors (Lipinski definition) is 1. The average molecular weight is 242 g/mol. The third kappa shape index (κ3) is 1.76. The van der Waals surface area contributed by atoms with Crippen LogP contribution in [0.5, 0.6) is 0 Å². The molecule has 0 saturated carbocycles. The van der Waals surface area contributed by atoms with Crippen molar-refractivity contribution in [1.82, 2.24) is 4.98 Å². The van der Waals surface area contributed by atoms with Crippen LogP contribution in [0.3, 0.4) is 0 Å². The summed E-state index contributed by atoms with van der Waals surface area (Å²) in [7, 11) is 0. The molecule has 70 valence electrons. The lowest BCUT2D eigenvalue weighted by atomic mass is 9.87. The van der Waals surface area contributed by atoms with Crippen LogP contribution in [-0.2, 0) is 6.42 Å². The zero-order valence-corrected chi connectivity index (χ0v) is 8.92. The largest absolute Gasteiger partial charge is 0.396 e. The quantitative estimate of drug-likeness (QED) is 0.819. The maximum atomic E-state index is 9.16. The molecule has 0 aliphatic heterocycles. The topological polar surface area (TPSA) is 33.1 Å². The van der Waals surface area contributed by atoms with Gasteiger partial charge in [-0.1, -0.05) is 0 Å². The molecule has 1 N–H and O–H groups in total. The number of nitrogens with zero attached hydrogens (tertiary/aromatic N) is 1. The molecular weight excluding hydrogens is 230 g/mol. The molecule has 0 bridgehead atoms. The highest BCUT2D eigenvalue weighted by Crippen LogP contribution is 2.30. The molecule has 3 heteroatoms. The number of halogens is 1. The minimum atomic E-state index is 0.224. The number of aryl methyl sites for hydroxylation is 1. The van der Waals surface area contributed by atoms with Crippen LogP contribution in [0.25, 0.3) is 0 Å². The SMILES string of the molecule is OCC1CCCc2cc(Br)cnc21. The normalized spacial score (nSPS) is 21.2. The molecule has 1 heterocycles. The van der Waals surface area contributed by atoms with Gasteiger partial charge in [-0.05, 0) is 46.8 Å². The van der Waals surface area contributed by atoms with Gasteiger partial charge in [0.1, 0.15) is 0 Å². The summed E-state index contributed by atoms with van der Waals surface area (Å²) >= 11 is 3.41. The molecule has 1 aliphatic carbocycles. The van der Waals surface area contributed by atoms with Crippen molar-refractivity contribution in [2.24, 2.45) is 0 Å². The maximum absolute atomic E-state index is 9.16. The van der Waals surface area contributed by atoms with Gasteiger partial charge in [0.15, 0.2) is 0 Å². The molecule has 1 aromatic heterocycles. The molecule has 0 radical (unpaired) electrons. The van der Waals surface area contributed by atoms with Crippen molar-refractivity contribution in [3.63, 3.8) is 0 Å². The van der Waals surface area contributed by atoms with E-state index in [0.29, 0.717) is 0 Å². The summed E-state index contributed by atoms with van der Waals surface area (Å²) in [5.74, 6) is 0.261. The number of aromatic nitrogens is 1. The summed E-state index contributed by atoms with van der Waals surface area (Å²) in [6, 6.07) is 2.12. The van der Waals surface area contributed by atoms with Gasteiger partial charge in [-0.2, -0.15) is 0 Å². The van der Waals surface area contributed by atoms with Crippen molar-refractivity contribution in [3.05, 3.63) is 28.0 Å². The first-order chi connectivity index (χ1) is 6.31. The number of hydrogen-bond acceptors (Lipinski definition) is 2. The smallest absolute Gasteiger partial charge is 0.0514 e. The van der Waals surface area contributed by atoms with E-state index in [2.05, 4.69) is 27.0 Å². The van der Waals surface area contributed by atoms with E-state index in [1.54, 1.807) is 0 Å². The number of aliphatic hydroxyl groups excluding tert-OH is 1. The molecule has 1 aromatic rings. The highest BCUT2D eigenvalue weighted by molar-refractivity contribution is 9.10. The Hall–Kier alpha value is -0.410. The van der Waals surface area contributed by atoms with Crippen molar-refractivity contribution in [1.29, 1.82) is 0 Å². The summed E-state index contributed by atoms with van der Waals surface area (Å²) in [4.78, 5) is 4.36. The van der Waals surface area contributed by atoms with Gasteiger partial charge in [0.05, 0.1) is 6.61 Å². The van der Waals surface area contributed by atoms with Crippen LogP contribution in [0.15, 0.2) is 16.7 Å². The fourth-order valence-corrected chi connectivity index (χ4v) is 2.29. The van der Waals surface area contributed by atoms with E-state index in [4.69, 9.17) is 5.11 Å². The first-order valence-corrected chi connectivity index (χ1v) is 5.35. The summed E-state index contributed by atoms with van der Waals surface area (Å²) < 4.78 is 1.03. The third-order valence-electron chi connectivity index (χ3n) is 2.57. The zero-order valence-electron chi connectivity index (χ0n) is 7.33. The van der Waals surface area contributed by atoms with E-state index in [-0.39, 0.29) is 12.5 Å². The Balaban J connectivity index is 2.40. The monoisotopic (exact) mass is 241 g/mol. The second kappa shape index (κ2) is 3.76. The van der Waals surface area contributed by atoms with Crippen molar-refractivity contribution in [2.75, 3.05) is 6.61 Å². The van der Waals surface area contributed by atoms with Gasteiger partial charge in [-0.15, -0.1) is 0 Å². The molecule has 0 fully saturated rings. The van der Waals surface area contributed by atoms with E-state index in [0.717, 1.165) is 29.4 Å². The molecule has 1 unspecified atom stereocenters. The first-order valence-electron chi connectivity index (χ1n) is 4.56. The van der Waals surface area contributed by atoms with Crippen LogP contribution < -0.4 is 0 Å². The van der Waals surface area contributed by atoms with E-state index < -0.39 is 0 Å². The van der Waals surface area contributed by atoms with Crippen molar-refractivity contribution in [2.45, 2.75) is 25.2 Å². The lowest BCUT2D eigenvalue weighted by Crippen LogP contribution is -2.14. The van der Waals surface area contributed by atoms with Gasteiger partial charge in [0, 0.05) is 22.3 Å². The summed E-state index contributed by atoms with van der Waals surface area (Å²) in [6.45, 7) is 0.224. The Kier molecular flexibility index (Phi) is 2.65. The fourth-order valence-electron chi connectivity index (χ4n) is 1.91. The van der Waals surface area contributed by atoms with Crippen LogP contribution in [0.1, 0.15) is 30.0 Å². The Bertz CT molecular complexity index is 314. The van der Waals surface area contributed by atoms with E-state index in [1.165, 1.54) is 5.56 Å². The molecule has 1 atom stereocenters. The summed E-state index contributed by atoms with van der Waals surface area (Å²) in [5.41, 5.74) is 2.39. The summed E-state index contributed by atoms with van der Waals surface area (Å²) in [5, 5.41) is 9.16. The molecule has 2 nitrogen and oxygen atoms in total. The second-order valence-corrected chi connectivity index (χ2v) is 4.39. The predicted molar refractivity (Wildman–Crippen MR) is 54.7 cm³/mol. The predicted octanol–water partition coefficient (Wildman–Crippen LogP) is 2.26. The lowest BCUT2D eigenvalue weighted by Gasteiger charge is -2.22. The fraction of sp³-hybridized carbons (Fsp3) is 0.500.